The second kappa shape index (κ2) is 4.43. The van der Waals surface area contributed by atoms with Crippen LogP contribution in [0.4, 0.5) is 5.69 Å². The molecule has 0 amide bonds. The van der Waals surface area contributed by atoms with E-state index >= 15 is 0 Å². The largest absolute Gasteiger partial charge is 0.478 e. The Kier molecular flexibility index (Phi) is 3.49. The monoisotopic (exact) mass is 258 g/mol. The number of hydrazine groups is 1. The van der Waals surface area contributed by atoms with Crippen LogP contribution in [-0.4, -0.2) is 30.2 Å². The highest BCUT2D eigenvalue weighted by Gasteiger charge is 2.06. The lowest BCUT2D eigenvalue weighted by atomic mass is 10.2. The summed E-state index contributed by atoms with van der Waals surface area (Å²) in [5.74, 6) is -0.929. The van der Waals surface area contributed by atoms with E-state index in [9.17, 15) is 4.79 Å². The molecule has 5 heteroatoms. The molecule has 4 nitrogen and oxygen atoms in total. The smallest absolute Gasteiger partial charge is 0.335 e. The minimum absolute atomic E-state index is 0.265. The summed E-state index contributed by atoms with van der Waals surface area (Å²) in [5, 5.41) is 10.5. The number of hydrogen-bond donors (Lipinski definition) is 2. The molecule has 0 aromatic heterocycles. The molecule has 0 spiro atoms. The lowest BCUT2D eigenvalue weighted by Gasteiger charge is -2.14. The van der Waals surface area contributed by atoms with Crippen LogP contribution in [-0.2, 0) is 0 Å². The molecule has 0 aliphatic rings. The second-order valence-electron chi connectivity index (χ2n) is 3.01. The van der Waals surface area contributed by atoms with E-state index in [1.807, 2.05) is 14.1 Å². The summed E-state index contributed by atoms with van der Waals surface area (Å²) < 4.78 is 0.728. The minimum Gasteiger partial charge on any atom is -0.478 e. The number of carboxylic acid groups (broad SMARTS) is 1. The summed E-state index contributed by atoms with van der Waals surface area (Å²) in [5.41, 5.74) is 4.13. The first-order chi connectivity index (χ1) is 6.50. The molecule has 0 aliphatic heterocycles. The van der Waals surface area contributed by atoms with Crippen LogP contribution in [0.1, 0.15) is 10.4 Å². The topological polar surface area (TPSA) is 52.6 Å². The predicted octanol–water partition coefficient (Wildman–Crippen LogP) is 2.04. The van der Waals surface area contributed by atoms with Gasteiger partial charge in [0.2, 0.25) is 0 Å². The van der Waals surface area contributed by atoms with Crippen LogP contribution in [0.2, 0.25) is 0 Å². The summed E-state index contributed by atoms with van der Waals surface area (Å²) in [6.07, 6.45) is 0. The summed E-state index contributed by atoms with van der Waals surface area (Å²) in [4.78, 5) is 10.6. The molecule has 0 heterocycles. The molecule has 14 heavy (non-hydrogen) atoms. The number of nitrogens with one attached hydrogen (secondary N) is 1. The van der Waals surface area contributed by atoms with Gasteiger partial charge in [-0.25, -0.2) is 9.80 Å². The Hall–Kier alpha value is -1.07. The Bertz CT molecular complexity index is 353. The van der Waals surface area contributed by atoms with Gasteiger partial charge in [0.15, 0.2) is 0 Å². The average Bonchev–Trinajstić information content (AvgIpc) is 2.07. The third-order valence-corrected chi connectivity index (χ3v) is 2.22. The van der Waals surface area contributed by atoms with Crippen LogP contribution >= 0.6 is 15.9 Å². The Balaban J connectivity index is 2.95. The molecule has 0 aliphatic carbocycles. The molecule has 2 N–H and O–H groups in total. The highest BCUT2D eigenvalue weighted by atomic mass is 79.9. The molecule has 0 bridgehead atoms. The molecule has 0 atom stereocenters. The lowest BCUT2D eigenvalue weighted by Crippen LogP contribution is -2.19. The van der Waals surface area contributed by atoms with Crippen molar-refractivity contribution in [3.05, 3.63) is 28.2 Å². The molecule has 1 aromatic carbocycles. The normalized spacial score (nSPS) is 10.3. The third kappa shape index (κ3) is 2.71. The number of carboxylic acids is 1. The van der Waals surface area contributed by atoms with Gasteiger partial charge in [-0.3, -0.25) is 0 Å². The Morgan fingerprint density at radius 2 is 2.14 bits per heavy atom. The molecule has 0 saturated heterocycles. The van der Waals surface area contributed by atoms with Crippen molar-refractivity contribution in [2.75, 3.05) is 19.5 Å². The number of rotatable bonds is 3. The molecule has 1 rings (SSSR count). The summed E-state index contributed by atoms with van der Waals surface area (Å²) >= 11 is 3.29. The number of nitrogens with zero attached hydrogens (tertiary/aromatic N) is 1. The first kappa shape index (κ1) is 11.0. The van der Waals surface area contributed by atoms with Crippen molar-refractivity contribution >= 4 is 27.6 Å². The number of aromatic carboxylic acids is 1. The number of anilines is 1. The van der Waals surface area contributed by atoms with Crippen LogP contribution in [0.3, 0.4) is 0 Å². The van der Waals surface area contributed by atoms with Gasteiger partial charge in [-0.1, -0.05) is 0 Å². The number of halogens is 1. The van der Waals surface area contributed by atoms with Crippen LogP contribution < -0.4 is 5.43 Å². The molecule has 0 fully saturated rings. The SMILES string of the molecule is CN(C)Nc1ccc(C(=O)O)cc1Br. The fraction of sp³-hybridized carbons (Fsp3) is 0.222. The quantitative estimate of drug-likeness (QED) is 0.815. The van der Waals surface area contributed by atoms with Crippen molar-refractivity contribution < 1.29 is 9.90 Å². The van der Waals surface area contributed by atoms with Gasteiger partial charge >= 0.3 is 5.97 Å². The molecule has 0 radical (unpaired) electrons. The number of benzene rings is 1. The molecule has 0 unspecified atom stereocenters. The molecule has 1 aromatic rings. The fourth-order valence-corrected chi connectivity index (χ4v) is 1.45. The van der Waals surface area contributed by atoms with Gasteiger partial charge in [0.05, 0.1) is 11.3 Å². The van der Waals surface area contributed by atoms with Crippen LogP contribution in [0.5, 0.6) is 0 Å². The standard InChI is InChI=1S/C9H11BrN2O2/c1-12(2)11-8-4-3-6(9(13)14)5-7(8)10/h3-5,11H,1-2H3,(H,13,14). The Morgan fingerprint density at radius 1 is 1.50 bits per heavy atom. The van der Waals surface area contributed by atoms with Crippen molar-refractivity contribution in [2.45, 2.75) is 0 Å². The molecular weight excluding hydrogens is 248 g/mol. The lowest BCUT2D eigenvalue weighted by molar-refractivity contribution is 0.0697. The van der Waals surface area contributed by atoms with Gasteiger partial charge in [0.1, 0.15) is 0 Å². The number of hydrogen-bond acceptors (Lipinski definition) is 3. The van der Waals surface area contributed by atoms with E-state index in [1.165, 1.54) is 0 Å². The van der Waals surface area contributed by atoms with Crippen molar-refractivity contribution in [1.29, 1.82) is 0 Å². The maximum Gasteiger partial charge on any atom is 0.335 e. The zero-order valence-corrected chi connectivity index (χ0v) is 9.50. The molecular formula is C9H11BrN2O2. The van der Waals surface area contributed by atoms with Gasteiger partial charge in [-0.15, -0.1) is 0 Å². The van der Waals surface area contributed by atoms with E-state index in [0.717, 1.165) is 10.2 Å². The second-order valence-corrected chi connectivity index (χ2v) is 3.86. The van der Waals surface area contributed by atoms with Gasteiger partial charge in [0, 0.05) is 18.6 Å². The van der Waals surface area contributed by atoms with E-state index in [2.05, 4.69) is 21.4 Å². The minimum atomic E-state index is -0.929. The van der Waals surface area contributed by atoms with E-state index in [1.54, 1.807) is 23.2 Å². The zero-order chi connectivity index (χ0) is 10.7. The first-order valence-corrected chi connectivity index (χ1v) is 4.77. The van der Waals surface area contributed by atoms with Gasteiger partial charge in [-0.05, 0) is 34.1 Å². The van der Waals surface area contributed by atoms with Crippen molar-refractivity contribution in [1.82, 2.24) is 5.01 Å². The Morgan fingerprint density at radius 3 is 2.57 bits per heavy atom. The van der Waals surface area contributed by atoms with Gasteiger partial charge < -0.3 is 10.5 Å². The van der Waals surface area contributed by atoms with Gasteiger partial charge in [0.25, 0.3) is 0 Å². The molecule has 0 saturated carbocycles. The van der Waals surface area contributed by atoms with Crippen LogP contribution in [0, 0.1) is 0 Å². The molecule has 76 valence electrons. The Labute approximate surface area is 90.6 Å². The maximum absolute atomic E-state index is 10.6. The third-order valence-electron chi connectivity index (χ3n) is 1.56. The van der Waals surface area contributed by atoms with Crippen molar-refractivity contribution in [3.8, 4) is 0 Å². The van der Waals surface area contributed by atoms with Gasteiger partial charge in [-0.2, -0.15) is 0 Å². The van der Waals surface area contributed by atoms with E-state index in [-0.39, 0.29) is 5.56 Å². The predicted molar refractivity (Wildman–Crippen MR) is 58.4 cm³/mol. The average molecular weight is 259 g/mol. The van der Waals surface area contributed by atoms with E-state index < -0.39 is 5.97 Å². The highest BCUT2D eigenvalue weighted by Crippen LogP contribution is 2.23. The fourth-order valence-electron chi connectivity index (χ4n) is 0.980. The summed E-state index contributed by atoms with van der Waals surface area (Å²) in [6, 6.07) is 4.83. The van der Waals surface area contributed by atoms with Crippen LogP contribution in [0.25, 0.3) is 0 Å². The summed E-state index contributed by atoms with van der Waals surface area (Å²) in [7, 11) is 3.72. The maximum atomic E-state index is 10.6. The van der Waals surface area contributed by atoms with Crippen molar-refractivity contribution in [3.63, 3.8) is 0 Å². The van der Waals surface area contributed by atoms with E-state index in [4.69, 9.17) is 5.11 Å². The van der Waals surface area contributed by atoms with Crippen molar-refractivity contribution in [2.24, 2.45) is 0 Å². The highest BCUT2D eigenvalue weighted by molar-refractivity contribution is 9.10. The first-order valence-electron chi connectivity index (χ1n) is 3.97. The summed E-state index contributed by atoms with van der Waals surface area (Å²) in [6.45, 7) is 0. The van der Waals surface area contributed by atoms with Crippen LogP contribution in [0.15, 0.2) is 22.7 Å². The zero-order valence-electron chi connectivity index (χ0n) is 7.91. The number of carbonyl (C=O) groups is 1. The van der Waals surface area contributed by atoms with E-state index in [0.29, 0.717) is 0 Å².